The monoisotopic (exact) mass is 382 g/mol. The summed E-state index contributed by atoms with van der Waals surface area (Å²) in [7, 11) is 0. The summed E-state index contributed by atoms with van der Waals surface area (Å²) in [5, 5.41) is 3.41. The summed E-state index contributed by atoms with van der Waals surface area (Å²) < 4.78 is 5.95. The zero-order chi connectivity index (χ0) is 18.4. The van der Waals surface area contributed by atoms with Gasteiger partial charge in [-0.05, 0) is 61.9 Å². The highest BCUT2D eigenvalue weighted by Crippen LogP contribution is 2.26. The Morgan fingerprint density at radius 3 is 2.54 bits per heavy atom. The normalized spacial score (nSPS) is 16.7. The van der Waals surface area contributed by atoms with E-state index in [2.05, 4.69) is 39.1 Å². The summed E-state index contributed by atoms with van der Waals surface area (Å²) in [5.74, 6) is 1.56. The third-order valence-electron chi connectivity index (χ3n) is 4.97. The Morgan fingerprint density at radius 2 is 1.96 bits per heavy atom. The van der Waals surface area contributed by atoms with Crippen LogP contribution in [-0.4, -0.2) is 43.1 Å². The average Bonchev–Trinajstić information content (AvgIpc) is 2.59. The van der Waals surface area contributed by atoms with E-state index in [1.165, 1.54) is 5.56 Å². The Kier molecular flexibility index (Phi) is 8.91. The van der Waals surface area contributed by atoms with Crippen molar-refractivity contribution in [1.29, 1.82) is 0 Å². The Balaban J connectivity index is 0.00000338. The molecule has 1 heterocycles. The molecule has 1 aromatic rings. The topological polar surface area (TPSA) is 41.6 Å². The molecule has 1 amide bonds. The molecule has 1 unspecified atom stereocenters. The van der Waals surface area contributed by atoms with Crippen molar-refractivity contribution in [2.24, 2.45) is 5.92 Å². The lowest BCUT2D eigenvalue weighted by Gasteiger charge is -2.33. The van der Waals surface area contributed by atoms with Gasteiger partial charge in [-0.15, -0.1) is 12.4 Å². The number of rotatable bonds is 6. The van der Waals surface area contributed by atoms with Crippen molar-refractivity contribution in [3.8, 4) is 5.75 Å². The molecule has 0 aliphatic carbocycles. The van der Waals surface area contributed by atoms with E-state index >= 15 is 0 Å². The summed E-state index contributed by atoms with van der Waals surface area (Å²) in [4.78, 5) is 14.6. The predicted molar refractivity (Wildman–Crippen MR) is 110 cm³/mol. The lowest BCUT2D eigenvalue weighted by molar-refractivity contribution is -0.139. The van der Waals surface area contributed by atoms with Gasteiger partial charge < -0.3 is 15.0 Å². The number of hydrogen-bond acceptors (Lipinski definition) is 3. The molecule has 26 heavy (non-hydrogen) atoms. The highest BCUT2D eigenvalue weighted by molar-refractivity contribution is 5.85. The van der Waals surface area contributed by atoms with Crippen LogP contribution in [0.3, 0.4) is 0 Å². The van der Waals surface area contributed by atoms with Crippen molar-refractivity contribution >= 4 is 18.3 Å². The third-order valence-corrected chi connectivity index (χ3v) is 4.97. The van der Waals surface area contributed by atoms with E-state index < -0.39 is 6.10 Å². The molecule has 5 heteroatoms. The molecule has 1 saturated heterocycles. The van der Waals surface area contributed by atoms with Crippen molar-refractivity contribution in [3.63, 3.8) is 0 Å². The fourth-order valence-corrected chi connectivity index (χ4v) is 3.25. The zero-order valence-corrected chi connectivity index (χ0v) is 17.7. The molecule has 0 aromatic heterocycles. The van der Waals surface area contributed by atoms with Crippen LogP contribution < -0.4 is 10.1 Å². The van der Waals surface area contributed by atoms with Gasteiger partial charge in [0.25, 0.3) is 5.91 Å². The van der Waals surface area contributed by atoms with E-state index in [9.17, 15) is 4.79 Å². The molecule has 1 aliphatic heterocycles. The molecule has 1 fully saturated rings. The predicted octanol–water partition coefficient (Wildman–Crippen LogP) is 4.02. The third kappa shape index (κ3) is 6.48. The van der Waals surface area contributed by atoms with E-state index in [1.54, 1.807) is 0 Å². The summed E-state index contributed by atoms with van der Waals surface area (Å²) >= 11 is 0. The fourth-order valence-electron chi connectivity index (χ4n) is 3.25. The number of carbonyl (C=O) groups excluding carboxylic acids is 1. The van der Waals surface area contributed by atoms with Crippen LogP contribution in [0.5, 0.6) is 5.75 Å². The minimum atomic E-state index is -0.444. The average molecular weight is 383 g/mol. The quantitative estimate of drug-likeness (QED) is 0.807. The first-order valence-corrected chi connectivity index (χ1v) is 9.58. The SMILES string of the molecule is CCNCC1CCN(C(=O)C(C)Oc2cccc(C(C)(C)C)c2)CC1.Cl. The van der Waals surface area contributed by atoms with Crippen LogP contribution >= 0.6 is 12.4 Å². The number of ether oxygens (including phenoxy) is 1. The molecule has 0 radical (unpaired) electrons. The number of likely N-dealkylation sites (tertiary alicyclic amines) is 1. The number of piperidine rings is 1. The Bertz CT molecular complexity index is 563. The zero-order valence-electron chi connectivity index (χ0n) is 16.9. The highest BCUT2D eigenvalue weighted by atomic mass is 35.5. The van der Waals surface area contributed by atoms with E-state index in [-0.39, 0.29) is 23.7 Å². The minimum Gasteiger partial charge on any atom is -0.481 e. The number of amides is 1. The van der Waals surface area contributed by atoms with Gasteiger partial charge in [-0.1, -0.05) is 39.8 Å². The van der Waals surface area contributed by atoms with Gasteiger partial charge in [0.1, 0.15) is 5.75 Å². The second-order valence-electron chi connectivity index (χ2n) is 8.11. The number of halogens is 1. The van der Waals surface area contributed by atoms with Crippen LogP contribution in [0.15, 0.2) is 24.3 Å². The first kappa shape index (κ1) is 22.8. The number of nitrogens with one attached hydrogen (secondary N) is 1. The lowest BCUT2D eigenvalue weighted by atomic mass is 9.87. The van der Waals surface area contributed by atoms with Gasteiger partial charge in [-0.3, -0.25) is 4.79 Å². The van der Waals surface area contributed by atoms with Gasteiger partial charge in [0.15, 0.2) is 6.10 Å². The first-order valence-electron chi connectivity index (χ1n) is 9.58. The minimum absolute atomic E-state index is 0. The van der Waals surface area contributed by atoms with E-state index in [1.807, 2.05) is 30.0 Å². The van der Waals surface area contributed by atoms with Crippen LogP contribution in [-0.2, 0) is 10.2 Å². The van der Waals surface area contributed by atoms with Crippen molar-refractivity contribution in [2.45, 2.75) is 59.0 Å². The molecular formula is C21H35ClN2O2. The maximum Gasteiger partial charge on any atom is 0.263 e. The van der Waals surface area contributed by atoms with Gasteiger partial charge in [-0.25, -0.2) is 0 Å². The van der Waals surface area contributed by atoms with Crippen molar-refractivity contribution in [2.75, 3.05) is 26.2 Å². The maximum atomic E-state index is 12.7. The summed E-state index contributed by atoms with van der Waals surface area (Å²) in [5.41, 5.74) is 1.29. The number of benzene rings is 1. The molecule has 1 aliphatic rings. The summed E-state index contributed by atoms with van der Waals surface area (Å²) in [6.07, 6.45) is 1.70. The van der Waals surface area contributed by atoms with Gasteiger partial charge >= 0.3 is 0 Å². The molecule has 1 N–H and O–H groups in total. The second-order valence-corrected chi connectivity index (χ2v) is 8.11. The summed E-state index contributed by atoms with van der Waals surface area (Å²) in [6.45, 7) is 14.3. The molecule has 2 rings (SSSR count). The van der Waals surface area contributed by atoms with Crippen molar-refractivity contribution in [3.05, 3.63) is 29.8 Å². The standard InChI is InChI=1S/C21H34N2O2.ClH/c1-6-22-15-17-10-12-23(13-11-17)20(24)16(2)25-19-9-7-8-18(14-19)21(3,4)5;/h7-9,14,16-17,22H,6,10-13,15H2,1-5H3;1H. The van der Waals surface area contributed by atoms with Crippen LogP contribution in [0.25, 0.3) is 0 Å². The van der Waals surface area contributed by atoms with Gasteiger partial charge in [0, 0.05) is 13.1 Å². The van der Waals surface area contributed by atoms with Crippen molar-refractivity contribution in [1.82, 2.24) is 10.2 Å². The van der Waals surface area contributed by atoms with Crippen LogP contribution in [0.2, 0.25) is 0 Å². The van der Waals surface area contributed by atoms with E-state index in [4.69, 9.17) is 4.74 Å². The Morgan fingerprint density at radius 1 is 1.31 bits per heavy atom. The molecule has 4 nitrogen and oxygen atoms in total. The smallest absolute Gasteiger partial charge is 0.263 e. The van der Waals surface area contributed by atoms with Gasteiger partial charge in [0.2, 0.25) is 0 Å². The Hall–Kier alpha value is -1.26. The molecule has 148 valence electrons. The van der Waals surface area contributed by atoms with E-state index in [0.717, 1.165) is 44.8 Å². The first-order chi connectivity index (χ1) is 11.8. The van der Waals surface area contributed by atoms with Crippen LogP contribution in [0.1, 0.15) is 53.0 Å². The molecule has 1 atom stereocenters. The molecule has 1 aromatic carbocycles. The summed E-state index contributed by atoms with van der Waals surface area (Å²) in [6, 6.07) is 8.09. The van der Waals surface area contributed by atoms with Crippen molar-refractivity contribution < 1.29 is 9.53 Å². The fraction of sp³-hybridized carbons (Fsp3) is 0.667. The number of carbonyl (C=O) groups is 1. The lowest BCUT2D eigenvalue weighted by Crippen LogP contribution is -2.45. The number of nitrogens with zero attached hydrogens (tertiary/aromatic N) is 1. The van der Waals surface area contributed by atoms with E-state index in [0.29, 0.717) is 5.92 Å². The molecule has 0 spiro atoms. The number of hydrogen-bond donors (Lipinski definition) is 1. The molecule has 0 bridgehead atoms. The largest absolute Gasteiger partial charge is 0.481 e. The van der Waals surface area contributed by atoms with Crippen LogP contribution in [0.4, 0.5) is 0 Å². The second kappa shape index (κ2) is 10.2. The highest BCUT2D eigenvalue weighted by Gasteiger charge is 2.27. The van der Waals surface area contributed by atoms with Gasteiger partial charge in [0.05, 0.1) is 0 Å². The Labute approximate surface area is 165 Å². The molecule has 0 saturated carbocycles. The molecular weight excluding hydrogens is 348 g/mol. The van der Waals surface area contributed by atoms with Gasteiger partial charge in [-0.2, -0.15) is 0 Å². The van der Waals surface area contributed by atoms with Crippen LogP contribution in [0, 0.1) is 5.92 Å². The maximum absolute atomic E-state index is 12.7.